The Hall–Kier alpha value is -4.97. The molecular formula is C34H37N9O3. The van der Waals surface area contributed by atoms with Gasteiger partial charge >= 0.3 is 0 Å². The SMILES string of the molecule is CC(C)N1CCC(n2ccc3cc(Nc4ncc5c(=O)n6n(c5n4)-c4ccc5c(c4)N(CCC/C=C\C6)C(=O)CO5)cnc32)CC1. The molecule has 46 heavy (non-hydrogen) atoms. The number of nitrogens with one attached hydrogen (secondary N) is 1. The van der Waals surface area contributed by atoms with E-state index < -0.39 is 0 Å². The van der Waals surface area contributed by atoms with Crippen LogP contribution in [0.5, 0.6) is 5.75 Å². The highest BCUT2D eigenvalue weighted by molar-refractivity contribution is 5.98. The van der Waals surface area contributed by atoms with Crippen LogP contribution in [-0.4, -0.2) is 72.0 Å². The van der Waals surface area contributed by atoms with Crippen LogP contribution in [0.1, 0.15) is 45.6 Å². The second-order valence-corrected chi connectivity index (χ2v) is 12.6. The van der Waals surface area contributed by atoms with Gasteiger partial charge in [0.25, 0.3) is 11.5 Å². The van der Waals surface area contributed by atoms with Crippen LogP contribution in [0.25, 0.3) is 27.8 Å². The topological polar surface area (TPSA) is 115 Å². The molecule has 1 aromatic carbocycles. The van der Waals surface area contributed by atoms with E-state index >= 15 is 0 Å². The fourth-order valence-corrected chi connectivity index (χ4v) is 6.96. The van der Waals surface area contributed by atoms with Crippen molar-refractivity contribution in [2.24, 2.45) is 0 Å². The zero-order valence-corrected chi connectivity index (χ0v) is 26.1. The van der Waals surface area contributed by atoms with E-state index in [9.17, 15) is 9.59 Å². The molecule has 1 N–H and O–H groups in total. The molecule has 4 aromatic heterocycles. The number of benzene rings is 1. The Kier molecular flexibility index (Phi) is 7.08. The summed E-state index contributed by atoms with van der Waals surface area (Å²) in [5.41, 5.74) is 3.42. The first-order valence-corrected chi connectivity index (χ1v) is 16.1. The number of anilines is 3. The maximum absolute atomic E-state index is 13.6. The van der Waals surface area contributed by atoms with E-state index in [1.54, 1.807) is 20.5 Å². The van der Waals surface area contributed by atoms with Crippen molar-refractivity contribution < 1.29 is 9.53 Å². The van der Waals surface area contributed by atoms with E-state index in [4.69, 9.17) is 14.7 Å². The number of piperidine rings is 1. The fraction of sp³-hybridized carbons (Fsp3) is 0.382. The van der Waals surface area contributed by atoms with Gasteiger partial charge in [0.05, 0.1) is 29.8 Å². The number of likely N-dealkylation sites (tertiary alicyclic amines) is 1. The van der Waals surface area contributed by atoms with E-state index in [0.29, 0.717) is 59.3 Å². The number of fused-ring (bicyclic) bond motifs is 6. The maximum atomic E-state index is 13.6. The van der Waals surface area contributed by atoms with Gasteiger partial charge in [0.1, 0.15) is 16.8 Å². The predicted molar refractivity (Wildman–Crippen MR) is 177 cm³/mol. The highest BCUT2D eigenvalue weighted by atomic mass is 16.5. The van der Waals surface area contributed by atoms with Crippen LogP contribution in [-0.2, 0) is 11.3 Å². The molecule has 8 rings (SSSR count). The molecule has 3 aliphatic heterocycles. The number of hydrogen-bond acceptors (Lipinski definition) is 8. The molecule has 1 fully saturated rings. The van der Waals surface area contributed by atoms with Gasteiger partial charge in [-0.1, -0.05) is 12.2 Å². The number of allylic oxidation sites excluding steroid dienone is 2. The Morgan fingerprint density at radius 2 is 1.85 bits per heavy atom. The van der Waals surface area contributed by atoms with Gasteiger partial charge in [0.2, 0.25) is 5.95 Å². The number of hydrogen-bond donors (Lipinski definition) is 1. The van der Waals surface area contributed by atoms with E-state index in [1.165, 1.54) is 0 Å². The van der Waals surface area contributed by atoms with Crippen molar-refractivity contribution in [1.82, 2.24) is 33.8 Å². The lowest BCUT2D eigenvalue weighted by Crippen LogP contribution is -2.39. The third kappa shape index (κ3) is 4.93. The summed E-state index contributed by atoms with van der Waals surface area (Å²) in [5.74, 6) is 0.928. The van der Waals surface area contributed by atoms with Crippen LogP contribution in [0.4, 0.5) is 17.3 Å². The highest BCUT2D eigenvalue weighted by Crippen LogP contribution is 2.35. The van der Waals surface area contributed by atoms with Gasteiger partial charge in [-0.05, 0) is 69.9 Å². The minimum absolute atomic E-state index is 0.0184. The highest BCUT2D eigenvalue weighted by Gasteiger charge is 2.27. The van der Waals surface area contributed by atoms with Crippen LogP contribution in [0.3, 0.4) is 0 Å². The first-order valence-electron chi connectivity index (χ1n) is 16.1. The third-order valence-corrected chi connectivity index (χ3v) is 9.44. The lowest BCUT2D eigenvalue weighted by Gasteiger charge is -2.35. The lowest BCUT2D eigenvalue weighted by atomic mass is 10.0. The summed E-state index contributed by atoms with van der Waals surface area (Å²) in [6, 6.07) is 10.8. The maximum Gasteiger partial charge on any atom is 0.278 e. The van der Waals surface area contributed by atoms with Crippen molar-refractivity contribution in [1.29, 1.82) is 0 Å². The van der Waals surface area contributed by atoms with E-state index in [1.807, 2.05) is 30.5 Å². The van der Waals surface area contributed by atoms with Crippen molar-refractivity contribution in [3.8, 4) is 11.4 Å². The van der Waals surface area contributed by atoms with Crippen molar-refractivity contribution in [3.63, 3.8) is 0 Å². The lowest BCUT2D eigenvalue weighted by molar-refractivity contribution is -0.121. The number of ether oxygens (including phenoxy) is 1. The van der Waals surface area contributed by atoms with Gasteiger partial charge in [0.15, 0.2) is 12.3 Å². The Balaban J connectivity index is 1.14. The van der Waals surface area contributed by atoms with E-state index in [-0.39, 0.29) is 18.1 Å². The molecule has 12 nitrogen and oxygen atoms in total. The normalized spacial score (nSPS) is 18.3. The van der Waals surface area contributed by atoms with Gasteiger partial charge < -0.3 is 24.4 Å². The Morgan fingerprint density at radius 3 is 2.70 bits per heavy atom. The van der Waals surface area contributed by atoms with Gasteiger partial charge in [0, 0.05) is 49.5 Å². The molecule has 0 saturated carbocycles. The summed E-state index contributed by atoms with van der Waals surface area (Å²) < 4.78 is 11.5. The van der Waals surface area contributed by atoms with Crippen LogP contribution in [0.2, 0.25) is 0 Å². The largest absolute Gasteiger partial charge is 0.482 e. The molecule has 3 aliphatic rings. The summed E-state index contributed by atoms with van der Waals surface area (Å²) in [5, 5.41) is 4.77. The zero-order valence-electron chi connectivity index (χ0n) is 26.1. The van der Waals surface area contributed by atoms with E-state index in [2.05, 4.69) is 58.0 Å². The average molecular weight is 620 g/mol. The number of nitrogens with zero attached hydrogens (tertiary/aromatic N) is 8. The fourth-order valence-electron chi connectivity index (χ4n) is 6.96. The predicted octanol–water partition coefficient (Wildman–Crippen LogP) is 4.80. The van der Waals surface area contributed by atoms with Crippen molar-refractivity contribution in [3.05, 3.63) is 71.4 Å². The second kappa shape index (κ2) is 11.4. The number of rotatable bonds is 4. The Labute approximate surface area is 265 Å². The quantitative estimate of drug-likeness (QED) is 0.286. The molecule has 0 aliphatic carbocycles. The molecule has 0 radical (unpaired) electrons. The van der Waals surface area contributed by atoms with Crippen molar-refractivity contribution >= 4 is 45.3 Å². The smallest absolute Gasteiger partial charge is 0.278 e. The molecule has 1 amide bonds. The second-order valence-electron chi connectivity index (χ2n) is 12.6. The van der Waals surface area contributed by atoms with Crippen LogP contribution in [0.15, 0.2) is 65.9 Å². The molecule has 2 bridgehead atoms. The first kappa shape index (κ1) is 28.5. The number of aromatic nitrogens is 6. The molecule has 0 unspecified atom stereocenters. The molecule has 1 saturated heterocycles. The summed E-state index contributed by atoms with van der Waals surface area (Å²) in [4.78, 5) is 44.9. The van der Waals surface area contributed by atoms with Gasteiger partial charge in [-0.2, -0.15) is 4.98 Å². The third-order valence-electron chi connectivity index (χ3n) is 9.44. The number of amides is 1. The first-order chi connectivity index (χ1) is 22.4. The molecule has 5 aromatic rings. The van der Waals surface area contributed by atoms with Gasteiger partial charge in [-0.3, -0.25) is 9.59 Å². The van der Waals surface area contributed by atoms with Gasteiger partial charge in [-0.25, -0.2) is 19.3 Å². The molecule has 236 valence electrons. The Bertz CT molecular complexity index is 2050. The van der Waals surface area contributed by atoms with Crippen molar-refractivity contribution in [2.45, 2.75) is 58.2 Å². The number of pyridine rings is 1. The monoisotopic (exact) mass is 619 g/mol. The molecule has 0 spiro atoms. The standard InChI is InChI=1S/C34H37N9O3/c1-22(2)39-14-10-25(11-15-39)40-16-9-23-17-24(19-35-31(23)40)37-34-36-20-27-32(38-34)43-26-7-8-29-28(18-26)41(30(44)21-46-29)12-5-3-4-6-13-42(43)33(27)45/h4,6-9,16-20,22,25H,3,5,10-15,21H2,1-2H3,(H,36,37,38)/b6-4-. The summed E-state index contributed by atoms with van der Waals surface area (Å²) in [7, 11) is 0. The van der Waals surface area contributed by atoms with Crippen molar-refractivity contribution in [2.75, 3.05) is 36.5 Å². The molecule has 7 heterocycles. The minimum Gasteiger partial charge on any atom is -0.482 e. The summed E-state index contributed by atoms with van der Waals surface area (Å²) in [6.07, 6.45) is 13.4. The van der Waals surface area contributed by atoms with Gasteiger partial charge in [-0.15, -0.1) is 0 Å². The number of carbonyl (C=O) groups is 1. The summed E-state index contributed by atoms with van der Waals surface area (Å²) >= 11 is 0. The molecular weight excluding hydrogens is 582 g/mol. The number of carbonyl (C=O) groups excluding carboxylic acids is 1. The molecule has 12 heteroatoms. The molecule has 0 atom stereocenters. The minimum atomic E-state index is -0.186. The average Bonchev–Trinajstić information content (AvgIpc) is 3.60. The summed E-state index contributed by atoms with van der Waals surface area (Å²) in [6.45, 7) is 7.71. The van der Waals surface area contributed by atoms with Crippen LogP contribution in [0, 0.1) is 0 Å². The zero-order chi connectivity index (χ0) is 31.4. The van der Waals surface area contributed by atoms with Crippen LogP contribution >= 0.6 is 0 Å². The Morgan fingerprint density at radius 1 is 0.978 bits per heavy atom. The van der Waals surface area contributed by atoms with E-state index in [0.717, 1.165) is 55.5 Å². The van der Waals surface area contributed by atoms with Crippen LogP contribution < -0.4 is 20.5 Å².